The zero-order valence-electron chi connectivity index (χ0n) is 41.3. The molecule has 4 fully saturated rings. The molecule has 0 radical (unpaired) electrons. The van der Waals surface area contributed by atoms with Crippen molar-refractivity contribution >= 4 is 11.9 Å². The minimum absolute atomic E-state index is 0.0292. The lowest BCUT2D eigenvalue weighted by molar-refractivity contribution is -0.370. The van der Waals surface area contributed by atoms with E-state index >= 15 is 0 Å². The van der Waals surface area contributed by atoms with Crippen LogP contribution in [0.15, 0.2) is 11.7 Å². The Hall–Kier alpha value is -2.68. The smallest absolute Gasteiger partial charge is 0.322 e. The third kappa shape index (κ3) is 15.3. The van der Waals surface area contributed by atoms with E-state index in [2.05, 4.69) is 0 Å². The SMILES string of the molecule is CC[C@H](C)[C@H](C[C@H](O)CC(=O)O[C@H]1[C@@H](O)[C@@H](C)OC[C@@H]1O[C@@H]1O[C@@H](C)[C@H](OC2=C(O)[C@@H](O)[C@H](O)CO2)[C@@H](O[C@@H]2O[C@H](CO)[C@@H](O)[C@H](O)[C@H]2O)[C@H]1O)OC(=O)C[C@@H](O)C[C@H](O[C@H]1C[C@@H](O)[C@H](CO)O1)[C@@H](C)CC. The third-order valence-corrected chi connectivity index (χ3v) is 14.0. The summed E-state index contributed by atoms with van der Waals surface area (Å²) in [5, 5.41) is 137. The number of esters is 2. The monoisotopic (exact) mass is 1050 g/mol. The van der Waals surface area contributed by atoms with Gasteiger partial charge < -0.3 is 118 Å². The number of hydrogen-bond donors (Lipinski definition) is 13. The molecule has 0 bridgehead atoms. The van der Waals surface area contributed by atoms with Crippen LogP contribution < -0.4 is 0 Å². The van der Waals surface area contributed by atoms with E-state index in [0.717, 1.165) is 0 Å². The lowest BCUT2D eigenvalue weighted by atomic mass is 9.94. The molecule has 4 saturated heterocycles. The largest absolute Gasteiger partial charge is 0.504 e. The van der Waals surface area contributed by atoms with Gasteiger partial charge in [0.2, 0.25) is 5.76 Å². The second kappa shape index (κ2) is 27.4. The molecule has 0 aromatic carbocycles. The summed E-state index contributed by atoms with van der Waals surface area (Å²) in [6.45, 7) is 8.24. The van der Waals surface area contributed by atoms with Crippen LogP contribution in [0.4, 0.5) is 0 Å². The summed E-state index contributed by atoms with van der Waals surface area (Å²) >= 11 is 0. The Morgan fingerprint density at radius 1 is 0.667 bits per heavy atom. The lowest BCUT2D eigenvalue weighted by Crippen LogP contribution is -2.65. The molecule has 0 amide bonds. The van der Waals surface area contributed by atoms with Crippen molar-refractivity contribution in [2.45, 2.75) is 227 Å². The molecule has 72 heavy (non-hydrogen) atoms. The normalized spacial score (nSPS) is 40.1. The maximum atomic E-state index is 13.5. The van der Waals surface area contributed by atoms with Gasteiger partial charge in [-0.05, 0) is 25.7 Å². The molecule has 0 aliphatic carbocycles. The van der Waals surface area contributed by atoms with E-state index in [9.17, 15) is 76.0 Å². The first-order valence-electron chi connectivity index (χ1n) is 24.7. The molecular weight excluding hydrogens is 968 g/mol. The van der Waals surface area contributed by atoms with Crippen LogP contribution in [-0.2, 0) is 61.7 Å². The van der Waals surface area contributed by atoms with Crippen LogP contribution in [0.3, 0.4) is 0 Å². The molecule has 5 aliphatic rings. The Kier molecular flexibility index (Phi) is 22.9. The molecule has 0 saturated carbocycles. The number of aliphatic hydroxyl groups is 13. The van der Waals surface area contributed by atoms with E-state index < -0.39 is 197 Å². The second-order valence-electron chi connectivity index (χ2n) is 19.5. The molecule has 13 N–H and O–H groups in total. The summed E-state index contributed by atoms with van der Waals surface area (Å²) < 4.78 is 63.4. The Morgan fingerprint density at radius 2 is 1.28 bits per heavy atom. The van der Waals surface area contributed by atoms with Gasteiger partial charge >= 0.3 is 17.9 Å². The first-order chi connectivity index (χ1) is 34.0. The maximum Gasteiger partial charge on any atom is 0.322 e. The van der Waals surface area contributed by atoms with Crippen molar-refractivity contribution in [2.24, 2.45) is 11.8 Å². The third-order valence-electron chi connectivity index (χ3n) is 14.0. The number of carbonyl (C=O) groups is 2. The van der Waals surface area contributed by atoms with Gasteiger partial charge in [-0.3, -0.25) is 9.59 Å². The number of ether oxygens (including phenoxy) is 11. The zero-order chi connectivity index (χ0) is 53.3. The average molecular weight is 1050 g/mol. The van der Waals surface area contributed by atoms with Crippen molar-refractivity contribution in [1.82, 2.24) is 0 Å². The van der Waals surface area contributed by atoms with Crippen molar-refractivity contribution in [3.8, 4) is 0 Å². The predicted octanol–water partition coefficient (Wildman–Crippen LogP) is -3.64. The van der Waals surface area contributed by atoms with E-state index in [0.29, 0.717) is 12.8 Å². The molecule has 0 aromatic rings. The first kappa shape index (κ1) is 60.2. The van der Waals surface area contributed by atoms with Gasteiger partial charge in [-0.2, -0.15) is 0 Å². The van der Waals surface area contributed by atoms with Gasteiger partial charge in [-0.25, -0.2) is 0 Å². The summed E-state index contributed by atoms with van der Waals surface area (Å²) in [6, 6.07) is 0. The van der Waals surface area contributed by atoms with Crippen molar-refractivity contribution in [3.05, 3.63) is 11.7 Å². The van der Waals surface area contributed by atoms with Crippen molar-refractivity contribution in [2.75, 3.05) is 26.4 Å². The first-order valence-corrected chi connectivity index (χ1v) is 24.7. The summed E-state index contributed by atoms with van der Waals surface area (Å²) in [5.41, 5.74) is 0. The Bertz CT molecular complexity index is 1710. The van der Waals surface area contributed by atoms with Crippen LogP contribution in [-0.4, -0.2) is 246 Å². The molecule has 5 heterocycles. The second-order valence-corrected chi connectivity index (χ2v) is 19.5. The Balaban J connectivity index is 1.23. The van der Waals surface area contributed by atoms with E-state index in [4.69, 9.17) is 52.1 Å². The summed E-state index contributed by atoms with van der Waals surface area (Å²) in [7, 11) is 0. The molecule has 0 unspecified atom stereocenters. The van der Waals surface area contributed by atoms with Crippen molar-refractivity contribution in [1.29, 1.82) is 0 Å². The maximum absolute atomic E-state index is 13.5. The lowest BCUT2D eigenvalue weighted by Gasteiger charge is -2.48. The van der Waals surface area contributed by atoms with Crippen molar-refractivity contribution in [3.63, 3.8) is 0 Å². The fourth-order valence-corrected chi connectivity index (χ4v) is 8.95. The fraction of sp³-hybridized carbons (Fsp3) is 0.913. The van der Waals surface area contributed by atoms with Crippen LogP contribution in [0, 0.1) is 11.8 Å². The highest BCUT2D eigenvalue weighted by Crippen LogP contribution is 2.36. The molecule has 0 spiro atoms. The van der Waals surface area contributed by atoms with Gasteiger partial charge in [0, 0.05) is 19.3 Å². The van der Waals surface area contributed by atoms with Crippen LogP contribution in [0.1, 0.15) is 86.5 Å². The van der Waals surface area contributed by atoms with Gasteiger partial charge in [-0.15, -0.1) is 0 Å². The van der Waals surface area contributed by atoms with E-state index in [-0.39, 0.29) is 37.7 Å². The molecule has 26 nitrogen and oxygen atoms in total. The number of rotatable bonds is 24. The number of aliphatic hydroxyl groups excluding tert-OH is 13. The fourth-order valence-electron chi connectivity index (χ4n) is 8.95. The quantitative estimate of drug-likeness (QED) is 0.0415. The zero-order valence-corrected chi connectivity index (χ0v) is 41.3. The highest BCUT2D eigenvalue weighted by atomic mass is 16.8. The van der Waals surface area contributed by atoms with Gasteiger partial charge in [0.05, 0.1) is 69.3 Å². The minimum Gasteiger partial charge on any atom is -0.504 e. The van der Waals surface area contributed by atoms with E-state index in [1.165, 1.54) is 13.8 Å². The highest BCUT2D eigenvalue weighted by molar-refractivity contribution is 5.71. The van der Waals surface area contributed by atoms with Crippen LogP contribution in [0.25, 0.3) is 0 Å². The topological polar surface area (TPSA) is 399 Å². The molecule has 26 heteroatoms. The van der Waals surface area contributed by atoms with Gasteiger partial charge in [0.25, 0.3) is 0 Å². The van der Waals surface area contributed by atoms with Gasteiger partial charge in [0.15, 0.2) is 31.1 Å². The minimum atomic E-state index is -1.98. The summed E-state index contributed by atoms with van der Waals surface area (Å²) in [4.78, 5) is 26.7. The molecule has 418 valence electrons. The van der Waals surface area contributed by atoms with E-state index in [1.807, 2.05) is 20.8 Å². The highest BCUT2D eigenvalue weighted by Gasteiger charge is 2.54. The van der Waals surface area contributed by atoms with E-state index in [1.54, 1.807) is 6.92 Å². The molecular formula is C46H78O26. The Morgan fingerprint density at radius 3 is 1.90 bits per heavy atom. The molecule has 5 rings (SSSR count). The Labute approximate surface area is 416 Å². The van der Waals surface area contributed by atoms with Crippen LogP contribution in [0.5, 0.6) is 0 Å². The predicted molar refractivity (Wildman–Crippen MR) is 238 cm³/mol. The number of hydrogen-bond acceptors (Lipinski definition) is 26. The molecule has 0 aromatic heterocycles. The number of carbonyl (C=O) groups excluding carboxylic acids is 2. The average Bonchev–Trinajstić information content (AvgIpc) is 3.70. The summed E-state index contributed by atoms with van der Waals surface area (Å²) in [5.74, 6) is -3.78. The van der Waals surface area contributed by atoms with Crippen LogP contribution in [0.2, 0.25) is 0 Å². The summed E-state index contributed by atoms with van der Waals surface area (Å²) in [6.07, 6.45) is -32.5. The standard InChI is InChI=1S/C46H78O26/c1-7-18(3)26(65-31(53)11-23(50)10-27(19(4)8-2)66-33-13-24(51)28(14-47)67-33)9-22(49)12-32(54)70-42-30(17-62-20(5)34(42)55)69-46-40(61)43(72-45-39(60)37(58)36(57)29(15-48)68-45)41(21(6)64-46)71-44-38(59)35(56)25(52)16-63-44/h18-30,33-37,39-43,45-52,55-61H,7-17H2,1-6H3/t18-,19-,20+,21-,22-,23-,24+,25+,26-,27-,28-,29+,30-,33+,34-,35-,36+,37-,39+,40+,41-,42+,43-,45-,46-/m0/s1. The van der Waals surface area contributed by atoms with Gasteiger partial charge in [-0.1, -0.05) is 40.5 Å². The van der Waals surface area contributed by atoms with Crippen LogP contribution >= 0.6 is 0 Å². The van der Waals surface area contributed by atoms with Crippen molar-refractivity contribution < 1.29 is 128 Å². The molecule has 25 atom stereocenters. The molecule has 5 aliphatic heterocycles. The van der Waals surface area contributed by atoms with Gasteiger partial charge in [0.1, 0.15) is 79.9 Å².